The van der Waals surface area contributed by atoms with E-state index in [0.29, 0.717) is 12.2 Å². The molecule has 1 atom stereocenters. The van der Waals surface area contributed by atoms with Crippen LogP contribution >= 0.6 is 12.4 Å². The zero-order valence-electron chi connectivity index (χ0n) is 8.94. The van der Waals surface area contributed by atoms with Crippen LogP contribution in [0.1, 0.15) is 12.5 Å². The minimum atomic E-state index is -0.542. The first kappa shape index (κ1) is 12.9. The molecule has 1 amide bonds. The lowest BCUT2D eigenvalue weighted by atomic mass is 10.1. The number of carbonyl (C=O) groups is 1. The molecule has 0 spiro atoms. The average molecular weight is 245 g/mol. The van der Waals surface area contributed by atoms with Crippen LogP contribution in [0.4, 0.5) is 10.1 Å². The third-order valence-electron chi connectivity index (χ3n) is 2.60. The number of carbonyl (C=O) groups excluding carboxylic acids is 1. The second kappa shape index (κ2) is 4.80. The van der Waals surface area contributed by atoms with Crippen LogP contribution in [-0.4, -0.2) is 18.5 Å². The number of fused-ring (bicyclic) bond motifs is 1. The van der Waals surface area contributed by atoms with Crippen molar-refractivity contribution in [1.82, 2.24) is 0 Å². The van der Waals surface area contributed by atoms with E-state index in [9.17, 15) is 9.18 Å². The highest BCUT2D eigenvalue weighted by molar-refractivity contribution is 5.98. The van der Waals surface area contributed by atoms with Gasteiger partial charge in [0.15, 0.2) is 0 Å². The van der Waals surface area contributed by atoms with Crippen LogP contribution in [-0.2, 0) is 11.2 Å². The Labute approximate surface area is 99.8 Å². The molecule has 3 nitrogen and oxygen atoms in total. The lowest BCUT2D eigenvalue weighted by Gasteiger charge is -2.19. The topological polar surface area (TPSA) is 46.3 Å². The first-order chi connectivity index (χ1) is 7.09. The van der Waals surface area contributed by atoms with E-state index in [0.717, 1.165) is 12.0 Å². The number of benzene rings is 1. The number of hydrogen-bond acceptors (Lipinski definition) is 2. The van der Waals surface area contributed by atoms with Gasteiger partial charge in [-0.05, 0) is 31.0 Å². The number of hydrogen-bond donors (Lipinski definition) is 1. The highest BCUT2D eigenvalue weighted by Crippen LogP contribution is 2.28. The maximum absolute atomic E-state index is 13.0. The Morgan fingerprint density at radius 3 is 2.88 bits per heavy atom. The summed E-state index contributed by atoms with van der Waals surface area (Å²) in [7, 11) is 0. The molecule has 1 aliphatic heterocycles. The van der Waals surface area contributed by atoms with Crippen molar-refractivity contribution in [2.45, 2.75) is 19.4 Å². The van der Waals surface area contributed by atoms with E-state index >= 15 is 0 Å². The van der Waals surface area contributed by atoms with Gasteiger partial charge < -0.3 is 10.6 Å². The van der Waals surface area contributed by atoms with Crippen LogP contribution in [0, 0.1) is 5.82 Å². The van der Waals surface area contributed by atoms with Crippen LogP contribution in [0.25, 0.3) is 0 Å². The van der Waals surface area contributed by atoms with Gasteiger partial charge in [-0.2, -0.15) is 0 Å². The molecule has 0 radical (unpaired) electrons. The van der Waals surface area contributed by atoms with Crippen molar-refractivity contribution in [2.75, 3.05) is 11.4 Å². The molecule has 0 fully saturated rings. The number of nitrogens with zero attached hydrogens (tertiary/aromatic N) is 1. The summed E-state index contributed by atoms with van der Waals surface area (Å²) < 4.78 is 13.0. The minimum absolute atomic E-state index is 0. The summed E-state index contributed by atoms with van der Waals surface area (Å²) in [6.45, 7) is 2.23. The van der Waals surface area contributed by atoms with Crippen molar-refractivity contribution in [3.8, 4) is 0 Å². The lowest BCUT2D eigenvalue weighted by Crippen LogP contribution is -2.41. The van der Waals surface area contributed by atoms with Crippen molar-refractivity contribution >= 4 is 24.0 Å². The van der Waals surface area contributed by atoms with Gasteiger partial charge in [-0.15, -0.1) is 12.4 Å². The molecule has 0 unspecified atom stereocenters. The van der Waals surface area contributed by atoms with E-state index in [2.05, 4.69) is 0 Å². The molecule has 88 valence electrons. The third kappa shape index (κ3) is 2.18. The fourth-order valence-electron chi connectivity index (χ4n) is 1.83. The standard InChI is InChI=1S/C11H13FN2O.ClH/c1-7(13)11(15)14-5-4-8-2-3-9(12)6-10(8)14;/h2-3,6-7H,4-5,13H2,1H3;1H/t7-;/m1./s1. The molecule has 1 aromatic rings. The Hall–Kier alpha value is -1.13. The normalized spacial score (nSPS) is 15.3. The average Bonchev–Trinajstić information content (AvgIpc) is 2.59. The van der Waals surface area contributed by atoms with Crippen molar-refractivity contribution in [2.24, 2.45) is 5.73 Å². The van der Waals surface area contributed by atoms with Gasteiger partial charge in [0.25, 0.3) is 0 Å². The summed E-state index contributed by atoms with van der Waals surface area (Å²) in [4.78, 5) is 13.3. The molecule has 5 heteroatoms. The van der Waals surface area contributed by atoms with Crippen LogP contribution in [0.2, 0.25) is 0 Å². The van der Waals surface area contributed by atoms with Gasteiger partial charge in [0.1, 0.15) is 5.82 Å². The van der Waals surface area contributed by atoms with E-state index in [-0.39, 0.29) is 24.1 Å². The number of rotatable bonds is 1. The maximum atomic E-state index is 13.0. The molecule has 0 aromatic heterocycles. The van der Waals surface area contributed by atoms with Crippen LogP contribution in [0.3, 0.4) is 0 Å². The number of halogens is 2. The SMILES string of the molecule is C[C@@H](N)C(=O)N1CCc2ccc(F)cc21.Cl. The first-order valence-electron chi connectivity index (χ1n) is 4.95. The van der Waals surface area contributed by atoms with Gasteiger partial charge in [-0.3, -0.25) is 4.79 Å². The number of nitrogens with two attached hydrogens (primary N) is 1. The highest BCUT2D eigenvalue weighted by atomic mass is 35.5. The molecule has 0 aliphatic carbocycles. The van der Waals surface area contributed by atoms with Gasteiger partial charge >= 0.3 is 0 Å². The summed E-state index contributed by atoms with van der Waals surface area (Å²) in [5, 5.41) is 0. The second-order valence-corrected chi connectivity index (χ2v) is 3.80. The Bertz CT molecular complexity index is 409. The van der Waals surface area contributed by atoms with Crippen LogP contribution < -0.4 is 10.6 Å². The fourth-order valence-corrected chi connectivity index (χ4v) is 1.83. The molecular formula is C11H14ClFN2O. The van der Waals surface area contributed by atoms with E-state index in [1.54, 1.807) is 17.9 Å². The molecule has 2 N–H and O–H groups in total. The quantitative estimate of drug-likeness (QED) is 0.814. The van der Waals surface area contributed by atoms with Gasteiger partial charge in [-0.1, -0.05) is 6.07 Å². The zero-order chi connectivity index (χ0) is 11.0. The molecule has 0 bridgehead atoms. The second-order valence-electron chi connectivity index (χ2n) is 3.80. The third-order valence-corrected chi connectivity index (χ3v) is 2.60. The van der Waals surface area contributed by atoms with Gasteiger partial charge in [0.2, 0.25) is 5.91 Å². The first-order valence-corrected chi connectivity index (χ1v) is 4.95. The molecule has 1 aromatic carbocycles. The van der Waals surface area contributed by atoms with Gasteiger partial charge in [-0.25, -0.2) is 4.39 Å². The van der Waals surface area contributed by atoms with Crippen molar-refractivity contribution in [3.05, 3.63) is 29.6 Å². The van der Waals surface area contributed by atoms with Gasteiger partial charge in [0.05, 0.1) is 6.04 Å². The summed E-state index contributed by atoms with van der Waals surface area (Å²) in [6, 6.07) is 3.99. The smallest absolute Gasteiger partial charge is 0.243 e. The molecule has 1 aliphatic rings. The molecule has 1 heterocycles. The molecule has 0 saturated heterocycles. The Morgan fingerprint density at radius 2 is 2.25 bits per heavy atom. The molecular weight excluding hydrogens is 231 g/mol. The number of amides is 1. The summed E-state index contributed by atoms with van der Waals surface area (Å²) in [5.74, 6) is -0.475. The van der Waals surface area contributed by atoms with E-state index in [1.165, 1.54) is 12.1 Å². The Morgan fingerprint density at radius 1 is 1.56 bits per heavy atom. The summed E-state index contributed by atoms with van der Waals surface area (Å²) >= 11 is 0. The Kier molecular flexibility index (Phi) is 3.88. The predicted molar refractivity (Wildman–Crippen MR) is 63.4 cm³/mol. The lowest BCUT2D eigenvalue weighted by molar-refractivity contribution is -0.119. The Balaban J connectivity index is 0.00000128. The van der Waals surface area contributed by atoms with Crippen LogP contribution in [0.5, 0.6) is 0 Å². The largest absolute Gasteiger partial charge is 0.320 e. The summed E-state index contributed by atoms with van der Waals surface area (Å²) in [6.07, 6.45) is 0.772. The monoisotopic (exact) mass is 244 g/mol. The molecule has 16 heavy (non-hydrogen) atoms. The fraction of sp³-hybridized carbons (Fsp3) is 0.364. The maximum Gasteiger partial charge on any atom is 0.243 e. The minimum Gasteiger partial charge on any atom is -0.320 e. The molecule has 2 rings (SSSR count). The zero-order valence-corrected chi connectivity index (χ0v) is 9.76. The van der Waals surface area contributed by atoms with Crippen molar-refractivity contribution in [3.63, 3.8) is 0 Å². The van der Waals surface area contributed by atoms with Crippen LogP contribution in [0.15, 0.2) is 18.2 Å². The highest BCUT2D eigenvalue weighted by Gasteiger charge is 2.26. The van der Waals surface area contributed by atoms with E-state index in [4.69, 9.17) is 5.73 Å². The van der Waals surface area contributed by atoms with Crippen molar-refractivity contribution < 1.29 is 9.18 Å². The molecule has 0 saturated carbocycles. The number of anilines is 1. The predicted octanol–water partition coefficient (Wildman–Crippen LogP) is 1.48. The van der Waals surface area contributed by atoms with Crippen molar-refractivity contribution in [1.29, 1.82) is 0 Å². The van der Waals surface area contributed by atoms with E-state index < -0.39 is 6.04 Å². The van der Waals surface area contributed by atoms with Gasteiger partial charge in [0, 0.05) is 12.2 Å². The van der Waals surface area contributed by atoms with E-state index in [1.807, 2.05) is 0 Å². The summed E-state index contributed by atoms with van der Waals surface area (Å²) in [5.41, 5.74) is 7.20.